The average Bonchev–Trinajstić information content (AvgIpc) is 2.80. The van der Waals surface area contributed by atoms with Gasteiger partial charge in [-0.3, -0.25) is 4.40 Å². The monoisotopic (exact) mass is 312 g/mol. The largest absolute Gasteiger partial charge is 0.281 e. The van der Waals surface area contributed by atoms with Gasteiger partial charge in [0.05, 0.1) is 5.56 Å². The summed E-state index contributed by atoms with van der Waals surface area (Å²) in [6.07, 6.45) is 1.75. The molecule has 0 N–H and O–H groups in total. The normalized spacial score (nSPS) is 10.6. The highest BCUT2D eigenvalue weighted by molar-refractivity contribution is 9.10. The molecule has 3 rings (SSSR count). The molecule has 0 aliphatic rings. The Hall–Kier alpha value is -2.19. The number of hydrogen-bond acceptors (Lipinski definition) is 3. The summed E-state index contributed by atoms with van der Waals surface area (Å²) in [5, 5.41) is 17.3. The Labute approximate surface area is 118 Å². The maximum absolute atomic E-state index is 8.97. The summed E-state index contributed by atoms with van der Waals surface area (Å²) in [4.78, 5) is 0. The number of fused-ring (bicyclic) bond motifs is 1. The minimum Gasteiger partial charge on any atom is -0.281 e. The lowest BCUT2D eigenvalue weighted by atomic mass is 10.1. The number of aryl methyl sites for hydroxylation is 1. The average molecular weight is 313 g/mol. The minimum absolute atomic E-state index is 0.584. The van der Waals surface area contributed by atoms with E-state index in [1.54, 1.807) is 18.3 Å². The molecule has 1 aromatic carbocycles. The van der Waals surface area contributed by atoms with E-state index >= 15 is 0 Å². The molecule has 0 spiro atoms. The van der Waals surface area contributed by atoms with E-state index in [1.807, 2.05) is 29.5 Å². The molecule has 0 aliphatic heterocycles. The number of benzene rings is 1. The van der Waals surface area contributed by atoms with Crippen molar-refractivity contribution in [2.45, 2.75) is 6.92 Å². The highest BCUT2D eigenvalue weighted by Gasteiger charge is 2.09. The van der Waals surface area contributed by atoms with Crippen molar-refractivity contribution in [3.8, 4) is 17.5 Å². The Morgan fingerprint density at radius 1 is 1.21 bits per heavy atom. The zero-order valence-electron chi connectivity index (χ0n) is 10.1. The molecule has 0 atom stereocenters. The van der Waals surface area contributed by atoms with Gasteiger partial charge in [-0.25, -0.2) is 0 Å². The summed E-state index contributed by atoms with van der Waals surface area (Å²) in [6.45, 7) is 2.03. The van der Waals surface area contributed by atoms with Gasteiger partial charge in [-0.1, -0.05) is 15.9 Å². The Morgan fingerprint density at radius 3 is 2.79 bits per heavy atom. The molecule has 92 valence electrons. The van der Waals surface area contributed by atoms with Crippen LogP contribution in [0.5, 0.6) is 0 Å². The van der Waals surface area contributed by atoms with Crippen LogP contribution in [0.1, 0.15) is 11.1 Å². The van der Waals surface area contributed by atoms with Crippen LogP contribution in [0.4, 0.5) is 0 Å². The number of halogens is 1. The third kappa shape index (κ3) is 2.11. The van der Waals surface area contributed by atoms with Gasteiger partial charge < -0.3 is 0 Å². The van der Waals surface area contributed by atoms with Crippen LogP contribution in [0.25, 0.3) is 17.0 Å². The molecule has 0 bridgehead atoms. The topological polar surface area (TPSA) is 54.0 Å². The van der Waals surface area contributed by atoms with Crippen molar-refractivity contribution < 1.29 is 0 Å². The van der Waals surface area contributed by atoms with Gasteiger partial charge in [0.15, 0.2) is 11.5 Å². The van der Waals surface area contributed by atoms with Gasteiger partial charge >= 0.3 is 0 Å². The van der Waals surface area contributed by atoms with Crippen LogP contribution in [0.3, 0.4) is 0 Å². The number of nitriles is 1. The molecule has 0 radical (unpaired) electrons. The molecule has 19 heavy (non-hydrogen) atoms. The lowest BCUT2D eigenvalue weighted by Gasteiger charge is -2.03. The second-order valence-corrected chi connectivity index (χ2v) is 5.21. The Balaban J connectivity index is 2.27. The standard InChI is InChI=1S/C14H9BrN4/c1-9-4-11(6-12(15)5-9)14-18-17-13-3-2-10(7-16)8-19(13)14/h2-6,8H,1H3. The highest BCUT2D eigenvalue weighted by atomic mass is 79.9. The third-order valence-corrected chi connectivity index (χ3v) is 3.29. The fourth-order valence-electron chi connectivity index (χ4n) is 2.02. The van der Waals surface area contributed by atoms with Crippen LogP contribution in [-0.2, 0) is 0 Å². The molecule has 0 fully saturated rings. The van der Waals surface area contributed by atoms with Crippen LogP contribution >= 0.6 is 15.9 Å². The van der Waals surface area contributed by atoms with Crippen molar-refractivity contribution in [1.82, 2.24) is 14.6 Å². The van der Waals surface area contributed by atoms with E-state index in [4.69, 9.17) is 5.26 Å². The van der Waals surface area contributed by atoms with Crippen LogP contribution in [0.2, 0.25) is 0 Å². The van der Waals surface area contributed by atoms with Crippen LogP contribution in [-0.4, -0.2) is 14.6 Å². The molecular weight excluding hydrogens is 304 g/mol. The van der Waals surface area contributed by atoms with E-state index in [2.05, 4.69) is 32.2 Å². The van der Waals surface area contributed by atoms with E-state index < -0.39 is 0 Å². The first-order valence-corrected chi connectivity index (χ1v) is 6.49. The number of hydrogen-bond donors (Lipinski definition) is 0. The molecule has 2 aromatic heterocycles. The first kappa shape index (κ1) is 11.9. The summed E-state index contributed by atoms with van der Waals surface area (Å²) in [7, 11) is 0. The predicted molar refractivity (Wildman–Crippen MR) is 75.6 cm³/mol. The first-order valence-electron chi connectivity index (χ1n) is 5.70. The molecular formula is C14H9BrN4. The smallest absolute Gasteiger partial charge is 0.168 e. The van der Waals surface area contributed by atoms with Crippen molar-refractivity contribution in [3.05, 3.63) is 52.1 Å². The zero-order valence-corrected chi connectivity index (χ0v) is 11.7. The molecule has 0 unspecified atom stereocenters. The van der Waals surface area contributed by atoms with Crippen molar-refractivity contribution in [2.24, 2.45) is 0 Å². The molecule has 0 aliphatic carbocycles. The number of pyridine rings is 1. The first-order chi connectivity index (χ1) is 9.17. The van der Waals surface area contributed by atoms with Crippen LogP contribution in [0.15, 0.2) is 41.0 Å². The fraction of sp³-hybridized carbons (Fsp3) is 0.0714. The Morgan fingerprint density at radius 2 is 2.05 bits per heavy atom. The van der Waals surface area contributed by atoms with Gasteiger partial charge in [0.2, 0.25) is 0 Å². The third-order valence-electron chi connectivity index (χ3n) is 2.83. The minimum atomic E-state index is 0.584. The summed E-state index contributed by atoms with van der Waals surface area (Å²) >= 11 is 3.48. The van der Waals surface area contributed by atoms with Crippen molar-refractivity contribution in [3.63, 3.8) is 0 Å². The van der Waals surface area contributed by atoms with Crippen molar-refractivity contribution in [2.75, 3.05) is 0 Å². The van der Waals surface area contributed by atoms with Crippen molar-refractivity contribution in [1.29, 1.82) is 5.26 Å². The molecule has 0 saturated carbocycles. The fourth-order valence-corrected chi connectivity index (χ4v) is 2.63. The highest BCUT2D eigenvalue weighted by Crippen LogP contribution is 2.24. The van der Waals surface area contributed by atoms with Crippen molar-refractivity contribution >= 4 is 21.6 Å². The molecule has 5 heteroatoms. The lowest BCUT2D eigenvalue weighted by molar-refractivity contribution is 1.11. The number of aromatic nitrogens is 3. The molecule has 3 aromatic rings. The SMILES string of the molecule is Cc1cc(Br)cc(-c2nnc3ccc(C#N)cn23)c1. The summed E-state index contributed by atoms with van der Waals surface area (Å²) in [5.41, 5.74) is 3.42. The second kappa shape index (κ2) is 4.48. The van der Waals surface area contributed by atoms with Gasteiger partial charge in [-0.2, -0.15) is 5.26 Å². The Kier molecular flexibility index (Phi) is 2.80. The lowest BCUT2D eigenvalue weighted by Crippen LogP contribution is -1.91. The maximum Gasteiger partial charge on any atom is 0.168 e. The summed E-state index contributed by atoms with van der Waals surface area (Å²) in [6, 6.07) is 11.7. The van der Waals surface area contributed by atoms with E-state index in [9.17, 15) is 0 Å². The van der Waals surface area contributed by atoms with E-state index in [0.717, 1.165) is 27.1 Å². The van der Waals surface area contributed by atoms with Gasteiger partial charge in [0.1, 0.15) is 6.07 Å². The van der Waals surface area contributed by atoms with Crippen LogP contribution in [0, 0.1) is 18.3 Å². The maximum atomic E-state index is 8.97. The zero-order chi connectivity index (χ0) is 13.4. The summed E-state index contributed by atoms with van der Waals surface area (Å²) in [5.74, 6) is 0.733. The second-order valence-electron chi connectivity index (χ2n) is 4.30. The summed E-state index contributed by atoms with van der Waals surface area (Å²) < 4.78 is 2.83. The quantitative estimate of drug-likeness (QED) is 0.692. The van der Waals surface area contributed by atoms with E-state index in [1.165, 1.54) is 0 Å². The van der Waals surface area contributed by atoms with E-state index in [-0.39, 0.29) is 0 Å². The number of rotatable bonds is 1. The van der Waals surface area contributed by atoms with Gasteiger partial charge in [0, 0.05) is 16.2 Å². The number of nitrogens with zero attached hydrogens (tertiary/aromatic N) is 4. The molecule has 0 saturated heterocycles. The predicted octanol–water partition coefficient (Wildman–Crippen LogP) is 3.34. The van der Waals surface area contributed by atoms with E-state index in [0.29, 0.717) is 5.56 Å². The van der Waals surface area contributed by atoms with Gasteiger partial charge in [-0.15, -0.1) is 10.2 Å². The molecule has 4 nitrogen and oxygen atoms in total. The van der Waals surface area contributed by atoms with Crippen LogP contribution < -0.4 is 0 Å². The van der Waals surface area contributed by atoms with Gasteiger partial charge in [-0.05, 0) is 42.8 Å². The molecule has 2 heterocycles. The molecule has 0 amide bonds. The Bertz CT molecular complexity index is 794. The van der Waals surface area contributed by atoms with Gasteiger partial charge in [0.25, 0.3) is 0 Å².